The number of hydrogen-bond acceptors (Lipinski definition) is 4. The number of nitrogens with one attached hydrogen (secondary N) is 1. The maximum absolute atomic E-state index is 5.49. The molecular formula is C13H14N2OS. The van der Waals surface area contributed by atoms with E-state index in [1.54, 1.807) is 11.3 Å². The summed E-state index contributed by atoms with van der Waals surface area (Å²) in [5, 5.41) is 5.54. The molecule has 1 aromatic carbocycles. The number of ether oxygens (including phenoxy) is 1. The normalized spacial score (nSPS) is 15.1. The van der Waals surface area contributed by atoms with E-state index in [0.717, 1.165) is 30.2 Å². The van der Waals surface area contributed by atoms with Crippen molar-refractivity contribution in [3.63, 3.8) is 0 Å². The Kier molecular flexibility index (Phi) is 2.73. The lowest BCUT2D eigenvalue weighted by atomic mass is 10.1. The van der Waals surface area contributed by atoms with Crippen LogP contribution in [0.25, 0.3) is 0 Å². The van der Waals surface area contributed by atoms with Crippen LogP contribution in [0, 0.1) is 0 Å². The van der Waals surface area contributed by atoms with Crippen LogP contribution >= 0.6 is 11.3 Å². The van der Waals surface area contributed by atoms with Crippen LogP contribution in [0.15, 0.2) is 29.1 Å². The van der Waals surface area contributed by atoms with Crippen molar-refractivity contribution < 1.29 is 4.74 Å². The standard InChI is InChI=1S/C13H14N2OS/c1-9(12-7-17-8-14-12)15-11-2-3-13-10(6-11)4-5-16-13/h2-3,6-9,15H,4-5H2,1H3. The van der Waals surface area contributed by atoms with Crippen LogP contribution in [0.5, 0.6) is 5.75 Å². The zero-order chi connectivity index (χ0) is 11.7. The Morgan fingerprint density at radius 1 is 1.47 bits per heavy atom. The van der Waals surface area contributed by atoms with Crippen LogP contribution in [0.4, 0.5) is 5.69 Å². The predicted molar refractivity (Wildman–Crippen MR) is 69.8 cm³/mol. The SMILES string of the molecule is CC(Nc1ccc2c(c1)CCO2)c1cscn1. The van der Waals surface area contributed by atoms with Gasteiger partial charge in [-0.25, -0.2) is 4.98 Å². The summed E-state index contributed by atoms with van der Waals surface area (Å²) < 4.78 is 5.49. The van der Waals surface area contributed by atoms with Crippen LogP contribution in [0.3, 0.4) is 0 Å². The topological polar surface area (TPSA) is 34.1 Å². The van der Waals surface area contributed by atoms with Crippen molar-refractivity contribution in [1.82, 2.24) is 4.98 Å². The predicted octanol–water partition coefficient (Wildman–Crippen LogP) is 3.25. The minimum Gasteiger partial charge on any atom is -0.493 e. The van der Waals surface area contributed by atoms with Gasteiger partial charge < -0.3 is 10.1 Å². The van der Waals surface area contributed by atoms with E-state index < -0.39 is 0 Å². The van der Waals surface area contributed by atoms with E-state index in [1.165, 1.54) is 5.56 Å². The van der Waals surface area contributed by atoms with Gasteiger partial charge in [-0.1, -0.05) is 0 Å². The fraction of sp³-hybridized carbons (Fsp3) is 0.308. The molecule has 0 saturated carbocycles. The second-order valence-electron chi connectivity index (χ2n) is 4.20. The van der Waals surface area contributed by atoms with E-state index in [0.29, 0.717) is 0 Å². The second-order valence-corrected chi connectivity index (χ2v) is 4.92. The highest BCUT2D eigenvalue weighted by Crippen LogP contribution is 2.29. The first-order valence-corrected chi connectivity index (χ1v) is 6.67. The molecule has 1 aliphatic heterocycles. The van der Waals surface area contributed by atoms with Gasteiger partial charge >= 0.3 is 0 Å². The molecule has 17 heavy (non-hydrogen) atoms. The highest BCUT2D eigenvalue weighted by molar-refractivity contribution is 7.07. The molecule has 1 aromatic heterocycles. The van der Waals surface area contributed by atoms with E-state index in [1.807, 2.05) is 11.6 Å². The molecule has 0 saturated heterocycles. The molecule has 3 rings (SSSR count). The Morgan fingerprint density at radius 2 is 2.41 bits per heavy atom. The van der Waals surface area contributed by atoms with Crippen molar-refractivity contribution in [3.8, 4) is 5.75 Å². The number of hydrogen-bond donors (Lipinski definition) is 1. The van der Waals surface area contributed by atoms with Gasteiger partial charge in [0.2, 0.25) is 0 Å². The molecule has 0 bridgehead atoms. The van der Waals surface area contributed by atoms with Crippen molar-refractivity contribution in [2.24, 2.45) is 0 Å². The van der Waals surface area contributed by atoms with E-state index in [2.05, 4.69) is 34.7 Å². The lowest BCUT2D eigenvalue weighted by Crippen LogP contribution is -2.06. The van der Waals surface area contributed by atoms with Gasteiger partial charge in [0.15, 0.2) is 0 Å². The number of anilines is 1. The average Bonchev–Trinajstić information content (AvgIpc) is 2.99. The van der Waals surface area contributed by atoms with Crippen molar-refractivity contribution in [3.05, 3.63) is 40.3 Å². The van der Waals surface area contributed by atoms with Crippen molar-refractivity contribution in [2.75, 3.05) is 11.9 Å². The van der Waals surface area contributed by atoms with Crippen LogP contribution in [0.2, 0.25) is 0 Å². The van der Waals surface area contributed by atoms with Crippen molar-refractivity contribution in [2.45, 2.75) is 19.4 Å². The van der Waals surface area contributed by atoms with Crippen LogP contribution in [-0.2, 0) is 6.42 Å². The van der Waals surface area contributed by atoms with Crippen molar-refractivity contribution in [1.29, 1.82) is 0 Å². The highest BCUT2D eigenvalue weighted by Gasteiger charge is 2.13. The molecule has 0 spiro atoms. The fourth-order valence-corrected chi connectivity index (χ4v) is 2.68. The summed E-state index contributed by atoms with van der Waals surface area (Å²) in [6.07, 6.45) is 1.01. The Hall–Kier alpha value is -1.55. The largest absolute Gasteiger partial charge is 0.493 e. The number of nitrogens with zero attached hydrogens (tertiary/aromatic N) is 1. The van der Waals surface area contributed by atoms with E-state index in [4.69, 9.17) is 4.74 Å². The van der Waals surface area contributed by atoms with Gasteiger partial charge in [-0.05, 0) is 30.7 Å². The molecular weight excluding hydrogens is 232 g/mol. The smallest absolute Gasteiger partial charge is 0.122 e. The Bertz CT molecular complexity index is 510. The third kappa shape index (κ3) is 2.13. The minimum atomic E-state index is 0.238. The van der Waals surface area contributed by atoms with Gasteiger partial charge in [-0.2, -0.15) is 0 Å². The third-order valence-electron chi connectivity index (χ3n) is 2.97. The summed E-state index contributed by atoms with van der Waals surface area (Å²) in [4.78, 5) is 4.32. The molecule has 2 aromatic rings. The summed E-state index contributed by atoms with van der Waals surface area (Å²) >= 11 is 1.63. The van der Waals surface area contributed by atoms with E-state index in [9.17, 15) is 0 Å². The average molecular weight is 246 g/mol. The zero-order valence-electron chi connectivity index (χ0n) is 9.64. The lowest BCUT2D eigenvalue weighted by Gasteiger charge is -2.13. The minimum absolute atomic E-state index is 0.238. The maximum Gasteiger partial charge on any atom is 0.122 e. The number of thiazole rings is 1. The number of aromatic nitrogens is 1. The lowest BCUT2D eigenvalue weighted by molar-refractivity contribution is 0.357. The summed E-state index contributed by atoms with van der Waals surface area (Å²) in [5.41, 5.74) is 5.38. The summed E-state index contributed by atoms with van der Waals surface area (Å²) in [6.45, 7) is 2.93. The van der Waals surface area contributed by atoms with Crippen molar-refractivity contribution >= 4 is 17.0 Å². The molecule has 1 unspecified atom stereocenters. The Labute approximate surface area is 104 Å². The van der Waals surface area contributed by atoms with Gasteiger partial charge in [0.05, 0.1) is 23.9 Å². The third-order valence-corrected chi connectivity index (χ3v) is 3.57. The first-order valence-electron chi connectivity index (χ1n) is 5.73. The molecule has 1 N–H and O–H groups in total. The van der Waals surface area contributed by atoms with Gasteiger partial charge in [0, 0.05) is 17.5 Å². The molecule has 2 heterocycles. The first kappa shape index (κ1) is 10.6. The number of benzene rings is 1. The monoisotopic (exact) mass is 246 g/mol. The molecule has 4 heteroatoms. The van der Waals surface area contributed by atoms with E-state index >= 15 is 0 Å². The maximum atomic E-state index is 5.49. The first-order chi connectivity index (χ1) is 8.33. The van der Waals surface area contributed by atoms with Gasteiger partial charge in [0.25, 0.3) is 0 Å². The molecule has 3 nitrogen and oxygen atoms in total. The Morgan fingerprint density at radius 3 is 3.24 bits per heavy atom. The number of fused-ring (bicyclic) bond motifs is 1. The number of rotatable bonds is 3. The highest BCUT2D eigenvalue weighted by atomic mass is 32.1. The molecule has 0 radical (unpaired) electrons. The molecule has 0 fully saturated rings. The van der Waals surface area contributed by atoms with E-state index in [-0.39, 0.29) is 6.04 Å². The van der Waals surface area contributed by atoms with Crippen LogP contribution in [-0.4, -0.2) is 11.6 Å². The Balaban J connectivity index is 1.77. The fourth-order valence-electron chi connectivity index (χ4n) is 2.04. The summed E-state index contributed by atoms with van der Waals surface area (Å²) in [7, 11) is 0. The summed E-state index contributed by atoms with van der Waals surface area (Å²) in [6, 6.07) is 6.51. The molecule has 88 valence electrons. The molecule has 1 aliphatic rings. The van der Waals surface area contributed by atoms with Crippen LogP contribution in [0.1, 0.15) is 24.2 Å². The zero-order valence-corrected chi connectivity index (χ0v) is 10.5. The van der Waals surface area contributed by atoms with Gasteiger partial charge in [-0.15, -0.1) is 11.3 Å². The van der Waals surface area contributed by atoms with Crippen LogP contribution < -0.4 is 10.1 Å². The molecule has 1 atom stereocenters. The molecule has 0 aliphatic carbocycles. The quantitative estimate of drug-likeness (QED) is 0.902. The summed E-state index contributed by atoms with van der Waals surface area (Å²) in [5.74, 6) is 1.02. The molecule has 0 amide bonds. The van der Waals surface area contributed by atoms with Gasteiger partial charge in [0.1, 0.15) is 5.75 Å². The second kappa shape index (κ2) is 4.37. The van der Waals surface area contributed by atoms with Gasteiger partial charge in [-0.3, -0.25) is 0 Å².